The molecule has 76 valence electrons. The molecule has 0 bridgehead atoms. The van der Waals surface area contributed by atoms with E-state index in [9.17, 15) is 4.79 Å². The summed E-state index contributed by atoms with van der Waals surface area (Å²) in [5.41, 5.74) is 1.34. The molecule has 15 heavy (non-hydrogen) atoms. The van der Waals surface area contributed by atoms with Crippen molar-refractivity contribution in [3.63, 3.8) is 0 Å². The molecule has 0 aliphatic carbocycles. The summed E-state index contributed by atoms with van der Waals surface area (Å²) >= 11 is 0. The fourth-order valence-electron chi connectivity index (χ4n) is 1.35. The Balaban J connectivity index is 2.14. The molecule has 0 atom stereocenters. The van der Waals surface area contributed by atoms with Crippen molar-refractivity contribution >= 4 is 5.97 Å². The average Bonchev–Trinajstić information content (AvgIpc) is 2.71. The number of aromatic carboxylic acids is 1. The second kappa shape index (κ2) is 3.96. The van der Waals surface area contributed by atoms with Crippen LogP contribution in [-0.4, -0.2) is 21.0 Å². The zero-order valence-electron chi connectivity index (χ0n) is 7.97. The first-order chi connectivity index (χ1) is 7.25. The van der Waals surface area contributed by atoms with Crippen molar-refractivity contribution in [1.82, 2.24) is 9.97 Å². The van der Waals surface area contributed by atoms with Gasteiger partial charge in [0, 0.05) is 18.8 Å². The van der Waals surface area contributed by atoms with E-state index in [-0.39, 0.29) is 0 Å². The summed E-state index contributed by atoms with van der Waals surface area (Å²) in [6.07, 6.45) is 4.15. The Kier molecular flexibility index (Phi) is 2.49. The summed E-state index contributed by atoms with van der Waals surface area (Å²) in [6.45, 7) is 0. The lowest BCUT2D eigenvalue weighted by Gasteiger charge is -1.99. The maximum absolute atomic E-state index is 10.6. The zero-order valence-corrected chi connectivity index (χ0v) is 7.97. The van der Waals surface area contributed by atoms with Gasteiger partial charge in [0.2, 0.25) is 0 Å². The number of aromatic nitrogens is 2. The summed E-state index contributed by atoms with van der Waals surface area (Å²) in [6, 6.07) is 6.79. The van der Waals surface area contributed by atoms with Crippen LogP contribution in [0, 0.1) is 0 Å². The number of H-pyrrole nitrogens is 1. The molecular formula is C11H10N2O2. The zero-order chi connectivity index (χ0) is 10.7. The maximum Gasteiger partial charge on any atom is 0.335 e. The van der Waals surface area contributed by atoms with E-state index in [4.69, 9.17) is 5.11 Å². The second-order valence-corrected chi connectivity index (χ2v) is 3.21. The van der Waals surface area contributed by atoms with Crippen LogP contribution in [0.2, 0.25) is 0 Å². The smallest absolute Gasteiger partial charge is 0.335 e. The number of hydrogen-bond acceptors (Lipinski definition) is 2. The fraction of sp³-hybridized carbons (Fsp3) is 0.0909. The van der Waals surface area contributed by atoms with Crippen molar-refractivity contribution in [2.75, 3.05) is 0 Å². The first-order valence-corrected chi connectivity index (χ1v) is 4.56. The third kappa shape index (κ3) is 2.22. The lowest BCUT2D eigenvalue weighted by atomic mass is 10.1. The molecule has 0 saturated heterocycles. The Morgan fingerprint density at radius 3 is 2.60 bits per heavy atom. The Labute approximate surface area is 86.6 Å². The molecule has 4 heteroatoms. The predicted octanol–water partition coefficient (Wildman–Crippen LogP) is 1.70. The van der Waals surface area contributed by atoms with E-state index in [2.05, 4.69) is 9.97 Å². The van der Waals surface area contributed by atoms with Gasteiger partial charge in [0.25, 0.3) is 0 Å². The number of imidazole rings is 1. The third-order valence-electron chi connectivity index (χ3n) is 2.13. The molecule has 1 aromatic carbocycles. The quantitative estimate of drug-likeness (QED) is 0.796. The van der Waals surface area contributed by atoms with E-state index in [1.54, 1.807) is 36.7 Å². The van der Waals surface area contributed by atoms with Gasteiger partial charge in [-0.25, -0.2) is 9.78 Å². The Bertz CT molecular complexity index is 446. The lowest BCUT2D eigenvalue weighted by molar-refractivity contribution is 0.0697. The number of aromatic amines is 1. The van der Waals surface area contributed by atoms with Crippen LogP contribution in [0.4, 0.5) is 0 Å². The molecule has 2 aromatic rings. The van der Waals surface area contributed by atoms with Gasteiger partial charge in [-0.1, -0.05) is 12.1 Å². The van der Waals surface area contributed by atoms with Gasteiger partial charge in [0.1, 0.15) is 5.82 Å². The third-order valence-corrected chi connectivity index (χ3v) is 2.13. The summed E-state index contributed by atoms with van der Waals surface area (Å²) in [5.74, 6) is -0.0300. The molecule has 4 nitrogen and oxygen atoms in total. The highest BCUT2D eigenvalue weighted by atomic mass is 16.4. The van der Waals surface area contributed by atoms with Crippen molar-refractivity contribution < 1.29 is 9.90 Å². The Morgan fingerprint density at radius 2 is 2.07 bits per heavy atom. The van der Waals surface area contributed by atoms with Crippen molar-refractivity contribution in [1.29, 1.82) is 0 Å². The first-order valence-electron chi connectivity index (χ1n) is 4.56. The minimum Gasteiger partial charge on any atom is -0.478 e. The number of carboxylic acid groups (broad SMARTS) is 1. The number of rotatable bonds is 3. The molecule has 0 radical (unpaired) electrons. The van der Waals surface area contributed by atoms with Crippen molar-refractivity contribution in [3.05, 3.63) is 53.6 Å². The first kappa shape index (κ1) is 9.45. The van der Waals surface area contributed by atoms with Crippen LogP contribution in [0.3, 0.4) is 0 Å². The van der Waals surface area contributed by atoms with Gasteiger partial charge in [0.15, 0.2) is 0 Å². The van der Waals surface area contributed by atoms with Crippen LogP contribution in [0.5, 0.6) is 0 Å². The van der Waals surface area contributed by atoms with E-state index in [0.717, 1.165) is 11.4 Å². The minimum absolute atomic E-state index is 0.304. The largest absolute Gasteiger partial charge is 0.478 e. The molecule has 2 N–H and O–H groups in total. The highest BCUT2D eigenvalue weighted by Crippen LogP contribution is 2.07. The van der Waals surface area contributed by atoms with Gasteiger partial charge in [-0.05, 0) is 17.7 Å². The summed E-state index contributed by atoms with van der Waals surface area (Å²) in [7, 11) is 0. The van der Waals surface area contributed by atoms with Gasteiger partial charge >= 0.3 is 5.97 Å². The summed E-state index contributed by atoms with van der Waals surface area (Å²) in [4.78, 5) is 17.7. The molecule has 0 aliphatic heterocycles. The van der Waals surface area contributed by atoms with Crippen LogP contribution in [0.15, 0.2) is 36.7 Å². The fourth-order valence-corrected chi connectivity index (χ4v) is 1.35. The SMILES string of the molecule is O=C(O)c1ccc(Cc2ncc[nH]2)cc1. The normalized spacial score (nSPS) is 10.1. The van der Waals surface area contributed by atoms with Crippen LogP contribution < -0.4 is 0 Å². The van der Waals surface area contributed by atoms with Crippen LogP contribution >= 0.6 is 0 Å². The maximum atomic E-state index is 10.6. The monoisotopic (exact) mass is 202 g/mol. The number of hydrogen-bond donors (Lipinski definition) is 2. The van der Waals surface area contributed by atoms with Gasteiger partial charge in [-0.3, -0.25) is 0 Å². The van der Waals surface area contributed by atoms with E-state index in [0.29, 0.717) is 12.0 Å². The molecule has 0 unspecified atom stereocenters. The molecular weight excluding hydrogens is 192 g/mol. The Hall–Kier alpha value is -2.10. The van der Waals surface area contributed by atoms with Gasteiger partial charge in [-0.2, -0.15) is 0 Å². The number of carboxylic acids is 1. The van der Waals surface area contributed by atoms with E-state index < -0.39 is 5.97 Å². The molecule has 1 aromatic heterocycles. The predicted molar refractivity (Wildman–Crippen MR) is 54.8 cm³/mol. The van der Waals surface area contributed by atoms with Crippen molar-refractivity contribution in [3.8, 4) is 0 Å². The Morgan fingerprint density at radius 1 is 1.33 bits per heavy atom. The van der Waals surface area contributed by atoms with Crippen LogP contribution in [0.25, 0.3) is 0 Å². The second-order valence-electron chi connectivity index (χ2n) is 3.21. The molecule has 0 fully saturated rings. The molecule has 0 aliphatic rings. The van der Waals surface area contributed by atoms with E-state index >= 15 is 0 Å². The standard InChI is InChI=1S/C11H10N2O2/c14-11(15)9-3-1-8(2-4-9)7-10-12-5-6-13-10/h1-6H,7H2,(H,12,13)(H,14,15). The van der Waals surface area contributed by atoms with Crippen LogP contribution in [-0.2, 0) is 6.42 Å². The minimum atomic E-state index is -0.903. The van der Waals surface area contributed by atoms with Crippen LogP contribution in [0.1, 0.15) is 21.7 Å². The average molecular weight is 202 g/mol. The van der Waals surface area contributed by atoms with Gasteiger partial charge in [0.05, 0.1) is 5.56 Å². The molecule has 0 amide bonds. The highest BCUT2D eigenvalue weighted by Gasteiger charge is 2.02. The number of nitrogens with zero attached hydrogens (tertiary/aromatic N) is 1. The highest BCUT2D eigenvalue weighted by molar-refractivity contribution is 5.87. The van der Waals surface area contributed by atoms with E-state index in [1.165, 1.54) is 0 Å². The molecule has 2 rings (SSSR count). The topological polar surface area (TPSA) is 66.0 Å². The summed E-state index contributed by atoms with van der Waals surface area (Å²) < 4.78 is 0. The molecule has 1 heterocycles. The lowest BCUT2D eigenvalue weighted by Crippen LogP contribution is -1.97. The number of benzene rings is 1. The molecule has 0 saturated carbocycles. The van der Waals surface area contributed by atoms with Gasteiger partial charge < -0.3 is 10.1 Å². The number of carbonyl (C=O) groups is 1. The number of nitrogens with one attached hydrogen (secondary N) is 1. The van der Waals surface area contributed by atoms with Gasteiger partial charge in [-0.15, -0.1) is 0 Å². The van der Waals surface area contributed by atoms with Crippen molar-refractivity contribution in [2.24, 2.45) is 0 Å². The summed E-state index contributed by atoms with van der Waals surface area (Å²) in [5, 5.41) is 8.71. The van der Waals surface area contributed by atoms with E-state index in [1.807, 2.05) is 0 Å². The molecule has 0 spiro atoms. The van der Waals surface area contributed by atoms with Crippen molar-refractivity contribution in [2.45, 2.75) is 6.42 Å².